The third-order valence-electron chi connectivity index (χ3n) is 4.76. The average Bonchev–Trinajstić information content (AvgIpc) is 3.31. The van der Waals surface area contributed by atoms with Crippen molar-refractivity contribution in [2.75, 3.05) is 29.5 Å². The van der Waals surface area contributed by atoms with Gasteiger partial charge >= 0.3 is 0 Å². The molecule has 2 unspecified atom stereocenters. The highest BCUT2D eigenvalue weighted by Gasteiger charge is 2.39. The Kier molecular flexibility index (Phi) is 3.79. The van der Waals surface area contributed by atoms with Crippen LogP contribution in [0.2, 0.25) is 0 Å². The molecule has 2 aliphatic rings. The van der Waals surface area contributed by atoms with Crippen molar-refractivity contribution in [3.8, 4) is 0 Å². The fourth-order valence-electron chi connectivity index (χ4n) is 3.65. The van der Waals surface area contributed by atoms with Gasteiger partial charge in [-0.25, -0.2) is 4.98 Å². The second-order valence-electron chi connectivity index (χ2n) is 6.05. The maximum atomic E-state index is 13.2. The van der Waals surface area contributed by atoms with Crippen LogP contribution in [0.15, 0.2) is 35.8 Å². The average molecular weight is 329 g/mol. The molecule has 0 saturated carbocycles. The van der Waals surface area contributed by atoms with E-state index < -0.39 is 0 Å². The Bertz CT molecular complexity index is 704. The summed E-state index contributed by atoms with van der Waals surface area (Å²) in [4.78, 5) is 21.5. The van der Waals surface area contributed by atoms with Gasteiger partial charge in [-0.1, -0.05) is 18.2 Å². The zero-order valence-corrected chi connectivity index (χ0v) is 13.6. The minimum absolute atomic E-state index is 0.0184. The van der Waals surface area contributed by atoms with E-state index >= 15 is 0 Å². The molecule has 1 aromatic carbocycles. The molecule has 0 radical (unpaired) electrons. The molecule has 4 rings (SSSR count). The normalized spacial score (nSPS) is 23.3. The summed E-state index contributed by atoms with van der Waals surface area (Å²) in [6.07, 6.45) is 3.66. The lowest BCUT2D eigenvalue weighted by atomic mass is 10.0. The molecule has 1 aromatic heterocycles. The van der Waals surface area contributed by atoms with Gasteiger partial charge in [0, 0.05) is 36.3 Å². The molecule has 2 aromatic rings. The molecule has 1 fully saturated rings. The van der Waals surface area contributed by atoms with Gasteiger partial charge in [0.2, 0.25) is 5.91 Å². The van der Waals surface area contributed by atoms with E-state index in [0.29, 0.717) is 6.54 Å². The SMILES string of the molecule is O=C(C1CCCN1c1nccs1)N1CC(CO)c2ccccc21. The van der Waals surface area contributed by atoms with E-state index in [9.17, 15) is 9.90 Å². The number of aliphatic hydroxyl groups excluding tert-OH is 1. The number of hydrogen-bond donors (Lipinski definition) is 1. The second kappa shape index (κ2) is 5.94. The van der Waals surface area contributed by atoms with Crippen molar-refractivity contribution in [2.45, 2.75) is 24.8 Å². The molecule has 1 N–H and O–H groups in total. The van der Waals surface area contributed by atoms with Crippen molar-refractivity contribution >= 4 is 28.1 Å². The number of rotatable bonds is 3. The fourth-order valence-corrected chi connectivity index (χ4v) is 4.37. The number of anilines is 2. The van der Waals surface area contributed by atoms with E-state index in [2.05, 4.69) is 9.88 Å². The lowest BCUT2D eigenvalue weighted by Crippen LogP contribution is -2.45. The minimum Gasteiger partial charge on any atom is -0.396 e. The van der Waals surface area contributed by atoms with Gasteiger partial charge in [0.25, 0.3) is 0 Å². The first kappa shape index (κ1) is 14.7. The summed E-state index contributed by atoms with van der Waals surface area (Å²) in [5.74, 6) is 0.144. The molecule has 1 amide bonds. The van der Waals surface area contributed by atoms with Crippen LogP contribution in [0.25, 0.3) is 0 Å². The molecule has 0 bridgehead atoms. The summed E-state index contributed by atoms with van der Waals surface area (Å²) in [5, 5.41) is 12.5. The zero-order chi connectivity index (χ0) is 15.8. The van der Waals surface area contributed by atoms with E-state index in [1.54, 1.807) is 17.5 Å². The number of hydrogen-bond acceptors (Lipinski definition) is 5. The first-order valence-electron chi connectivity index (χ1n) is 7.97. The van der Waals surface area contributed by atoms with E-state index in [4.69, 9.17) is 0 Å². The van der Waals surface area contributed by atoms with E-state index in [-0.39, 0.29) is 24.5 Å². The third kappa shape index (κ3) is 2.42. The predicted octanol–water partition coefficient (Wildman–Crippen LogP) is 2.23. The first-order valence-corrected chi connectivity index (χ1v) is 8.85. The van der Waals surface area contributed by atoms with Gasteiger partial charge in [0.1, 0.15) is 6.04 Å². The van der Waals surface area contributed by atoms with E-state index in [0.717, 1.165) is 35.8 Å². The largest absolute Gasteiger partial charge is 0.396 e. The van der Waals surface area contributed by atoms with Crippen LogP contribution in [0.4, 0.5) is 10.8 Å². The lowest BCUT2D eigenvalue weighted by molar-refractivity contribution is -0.119. The van der Waals surface area contributed by atoms with Crippen molar-refractivity contribution in [1.29, 1.82) is 0 Å². The van der Waals surface area contributed by atoms with Gasteiger partial charge in [-0.3, -0.25) is 4.79 Å². The highest BCUT2D eigenvalue weighted by Crippen LogP contribution is 2.38. The van der Waals surface area contributed by atoms with Crippen molar-refractivity contribution in [2.24, 2.45) is 0 Å². The minimum atomic E-state index is -0.147. The van der Waals surface area contributed by atoms with Gasteiger partial charge in [-0.05, 0) is 24.5 Å². The number of fused-ring (bicyclic) bond motifs is 1. The molecule has 1 saturated heterocycles. The summed E-state index contributed by atoms with van der Waals surface area (Å²) >= 11 is 1.58. The molecule has 3 heterocycles. The highest BCUT2D eigenvalue weighted by molar-refractivity contribution is 7.13. The van der Waals surface area contributed by atoms with E-state index in [1.807, 2.05) is 34.5 Å². The van der Waals surface area contributed by atoms with Crippen molar-refractivity contribution < 1.29 is 9.90 Å². The number of benzene rings is 1. The van der Waals surface area contributed by atoms with Gasteiger partial charge in [0.15, 0.2) is 5.13 Å². The molecule has 6 heteroatoms. The number of nitrogens with zero attached hydrogens (tertiary/aromatic N) is 3. The summed E-state index contributed by atoms with van der Waals surface area (Å²) in [5.41, 5.74) is 2.02. The molecule has 5 nitrogen and oxygen atoms in total. The Morgan fingerprint density at radius 3 is 3.04 bits per heavy atom. The number of thiazole rings is 1. The Morgan fingerprint density at radius 1 is 1.39 bits per heavy atom. The van der Waals surface area contributed by atoms with Crippen LogP contribution in [0.5, 0.6) is 0 Å². The van der Waals surface area contributed by atoms with Gasteiger partial charge < -0.3 is 14.9 Å². The fraction of sp³-hybridized carbons (Fsp3) is 0.412. The smallest absolute Gasteiger partial charge is 0.249 e. The Labute approximate surface area is 139 Å². The molecule has 0 aliphatic carbocycles. The summed E-state index contributed by atoms with van der Waals surface area (Å²) in [7, 11) is 0. The molecule has 23 heavy (non-hydrogen) atoms. The molecular formula is C17H19N3O2S. The molecule has 2 aliphatic heterocycles. The number of carbonyl (C=O) groups is 1. The number of aliphatic hydroxyl groups is 1. The molecule has 0 spiro atoms. The number of para-hydroxylation sites is 1. The van der Waals surface area contributed by atoms with Gasteiger partial charge in [0.05, 0.1) is 6.61 Å². The number of aromatic nitrogens is 1. The third-order valence-corrected chi connectivity index (χ3v) is 5.57. The topological polar surface area (TPSA) is 56.7 Å². The Morgan fingerprint density at radius 2 is 2.26 bits per heavy atom. The van der Waals surface area contributed by atoms with Crippen molar-refractivity contribution in [3.63, 3.8) is 0 Å². The Balaban J connectivity index is 1.62. The molecular weight excluding hydrogens is 310 g/mol. The number of amides is 1. The summed E-state index contributed by atoms with van der Waals surface area (Å²) in [6, 6.07) is 7.76. The van der Waals surface area contributed by atoms with Gasteiger partial charge in [-0.15, -0.1) is 11.3 Å². The highest BCUT2D eigenvalue weighted by atomic mass is 32.1. The predicted molar refractivity (Wildman–Crippen MR) is 91.1 cm³/mol. The first-order chi connectivity index (χ1) is 11.3. The molecule has 2 atom stereocenters. The van der Waals surface area contributed by atoms with Crippen LogP contribution in [0.1, 0.15) is 24.3 Å². The van der Waals surface area contributed by atoms with Crippen LogP contribution >= 0.6 is 11.3 Å². The van der Waals surface area contributed by atoms with E-state index in [1.165, 1.54) is 0 Å². The quantitative estimate of drug-likeness (QED) is 0.938. The zero-order valence-electron chi connectivity index (χ0n) is 12.8. The standard InChI is InChI=1S/C17H19N3O2S/c21-11-12-10-20(14-5-2-1-4-13(12)14)16(22)15-6-3-8-19(15)17-18-7-9-23-17/h1-2,4-5,7,9,12,15,21H,3,6,8,10-11H2. The number of carbonyl (C=O) groups excluding carboxylic acids is 1. The summed E-state index contributed by atoms with van der Waals surface area (Å²) < 4.78 is 0. The van der Waals surface area contributed by atoms with Crippen LogP contribution in [-0.2, 0) is 4.79 Å². The van der Waals surface area contributed by atoms with Crippen molar-refractivity contribution in [3.05, 3.63) is 41.4 Å². The van der Waals surface area contributed by atoms with Crippen LogP contribution < -0.4 is 9.80 Å². The van der Waals surface area contributed by atoms with Crippen LogP contribution in [0.3, 0.4) is 0 Å². The maximum Gasteiger partial charge on any atom is 0.249 e. The Hall–Kier alpha value is -1.92. The van der Waals surface area contributed by atoms with Crippen molar-refractivity contribution in [1.82, 2.24) is 4.98 Å². The maximum absolute atomic E-state index is 13.2. The monoisotopic (exact) mass is 329 g/mol. The summed E-state index contributed by atoms with van der Waals surface area (Å²) in [6.45, 7) is 1.52. The van der Waals surface area contributed by atoms with Crippen LogP contribution in [-0.4, -0.2) is 41.7 Å². The van der Waals surface area contributed by atoms with Gasteiger partial charge in [-0.2, -0.15) is 0 Å². The second-order valence-corrected chi connectivity index (χ2v) is 6.93. The molecule has 120 valence electrons. The van der Waals surface area contributed by atoms with Crippen LogP contribution in [0, 0.1) is 0 Å². The lowest BCUT2D eigenvalue weighted by Gasteiger charge is -2.28.